The van der Waals surface area contributed by atoms with Gasteiger partial charge in [-0.05, 0) is 18.2 Å². The molecule has 1 N–H and O–H groups in total. The first-order valence-electron chi connectivity index (χ1n) is 6.95. The molecular weight excluding hydrogens is 321 g/mol. The topological polar surface area (TPSA) is 54.9 Å². The van der Waals surface area contributed by atoms with E-state index in [1.165, 1.54) is 12.1 Å². The van der Waals surface area contributed by atoms with Gasteiger partial charge in [0.15, 0.2) is 6.29 Å². The highest BCUT2D eigenvalue weighted by Gasteiger charge is 2.30. The zero-order valence-electron chi connectivity index (χ0n) is 12.2. The number of aldehydes is 1. The number of hydrogen-bond acceptors (Lipinski definition) is 2. The van der Waals surface area contributed by atoms with E-state index in [1.807, 2.05) is 0 Å². The van der Waals surface area contributed by atoms with Crippen LogP contribution in [-0.2, 0) is 6.18 Å². The summed E-state index contributed by atoms with van der Waals surface area (Å²) in [6.07, 6.45) is -4.13. The van der Waals surface area contributed by atoms with E-state index >= 15 is 0 Å². The number of aromatic nitrogens is 2. The van der Waals surface area contributed by atoms with Crippen molar-refractivity contribution in [2.45, 2.75) is 6.18 Å². The van der Waals surface area contributed by atoms with Crippen LogP contribution >= 0.6 is 0 Å². The number of rotatable bonds is 3. The number of nitrogens with zero attached hydrogens (tertiary/aromatic N) is 1. The molecule has 7 heteroatoms. The highest BCUT2D eigenvalue weighted by Crippen LogP contribution is 2.30. The average Bonchev–Trinajstić information content (AvgIpc) is 2.91. The standard InChI is InChI=1S/C17H11F3N2O2/c18-17(19,20)12-7-4-8-13(9-12)22-16(24)14(10-23)15(21-22)11-5-2-1-3-6-11/h1-10,21H. The molecule has 0 bridgehead atoms. The maximum Gasteiger partial charge on any atom is 0.416 e. The van der Waals surface area contributed by atoms with Gasteiger partial charge in [-0.25, -0.2) is 4.68 Å². The Labute approximate surface area is 134 Å². The van der Waals surface area contributed by atoms with Crippen LogP contribution in [-0.4, -0.2) is 16.1 Å². The van der Waals surface area contributed by atoms with Gasteiger partial charge in [0.2, 0.25) is 0 Å². The molecule has 0 unspecified atom stereocenters. The predicted molar refractivity (Wildman–Crippen MR) is 82.2 cm³/mol. The Morgan fingerprint density at radius 2 is 1.71 bits per heavy atom. The Bertz CT molecular complexity index is 940. The highest BCUT2D eigenvalue weighted by molar-refractivity contribution is 5.85. The van der Waals surface area contributed by atoms with Crippen LogP contribution in [0.3, 0.4) is 0 Å². The van der Waals surface area contributed by atoms with Gasteiger partial charge in [-0.1, -0.05) is 36.4 Å². The first-order valence-corrected chi connectivity index (χ1v) is 6.95. The zero-order valence-corrected chi connectivity index (χ0v) is 12.2. The number of carbonyl (C=O) groups excluding carboxylic acids is 1. The summed E-state index contributed by atoms with van der Waals surface area (Å²) in [5.41, 5.74) is -0.882. The van der Waals surface area contributed by atoms with Crippen LogP contribution < -0.4 is 5.56 Å². The van der Waals surface area contributed by atoms with Gasteiger partial charge in [-0.3, -0.25) is 14.7 Å². The molecule has 0 aliphatic rings. The molecule has 24 heavy (non-hydrogen) atoms. The molecule has 4 nitrogen and oxygen atoms in total. The van der Waals surface area contributed by atoms with Crippen molar-refractivity contribution in [3.63, 3.8) is 0 Å². The normalized spacial score (nSPS) is 11.5. The molecule has 0 aliphatic carbocycles. The van der Waals surface area contributed by atoms with Gasteiger partial charge in [-0.15, -0.1) is 0 Å². The van der Waals surface area contributed by atoms with Crippen molar-refractivity contribution in [3.05, 3.63) is 76.1 Å². The summed E-state index contributed by atoms with van der Waals surface area (Å²) in [6.45, 7) is 0. The number of aromatic amines is 1. The number of halogens is 3. The number of benzene rings is 2. The molecule has 0 aliphatic heterocycles. The first kappa shape index (κ1) is 15.8. The molecule has 0 radical (unpaired) electrons. The number of hydrogen-bond donors (Lipinski definition) is 1. The van der Waals surface area contributed by atoms with Gasteiger partial charge in [-0.2, -0.15) is 13.2 Å². The van der Waals surface area contributed by atoms with Crippen LogP contribution in [0.15, 0.2) is 59.4 Å². The fourth-order valence-corrected chi connectivity index (χ4v) is 2.39. The Kier molecular flexibility index (Phi) is 3.84. The molecule has 2 aromatic carbocycles. The maximum atomic E-state index is 12.8. The first-order chi connectivity index (χ1) is 11.4. The van der Waals surface area contributed by atoms with Crippen LogP contribution in [0.1, 0.15) is 15.9 Å². The second-order valence-corrected chi connectivity index (χ2v) is 5.07. The summed E-state index contributed by atoms with van der Waals surface area (Å²) in [4.78, 5) is 23.7. The number of alkyl halides is 3. The van der Waals surface area contributed by atoms with Gasteiger partial charge in [0.05, 0.1) is 16.9 Å². The monoisotopic (exact) mass is 332 g/mol. The lowest BCUT2D eigenvalue weighted by molar-refractivity contribution is -0.137. The molecule has 0 atom stereocenters. The highest BCUT2D eigenvalue weighted by atomic mass is 19.4. The minimum absolute atomic E-state index is 0.0000983. The molecule has 1 heterocycles. The molecule has 3 rings (SSSR count). The number of H-pyrrole nitrogens is 1. The van der Waals surface area contributed by atoms with E-state index in [2.05, 4.69) is 5.10 Å². The van der Waals surface area contributed by atoms with Gasteiger partial charge in [0.25, 0.3) is 5.56 Å². The third-order valence-electron chi connectivity index (χ3n) is 3.54. The zero-order chi connectivity index (χ0) is 17.3. The summed E-state index contributed by atoms with van der Waals surface area (Å²) >= 11 is 0. The molecule has 122 valence electrons. The van der Waals surface area contributed by atoms with Crippen LogP contribution in [0.2, 0.25) is 0 Å². The van der Waals surface area contributed by atoms with Crippen molar-refractivity contribution >= 4 is 6.29 Å². The minimum atomic E-state index is -4.53. The van der Waals surface area contributed by atoms with E-state index in [0.717, 1.165) is 16.8 Å². The number of nitrogens with one attached hydrogen (secondary N) is 1. The predicted octanol–water partition coefficient (Wildman–Crippen LogP) is 3.66. The van der Waals surface area contributed by atoms with Crippen molar-refractivity contribution in [3.8, 4) is 16.9 Å². The molecule has 3 aromatic rings. The Balaban J connectivity index is 2.19. The molecule has 0 spiro atoms. The third kappa shape index (κ3) is 2.76. The number of carbonyl (C=O) groups is 1. The SMILES string of the molecule is O=Cc1c(-c2ccccc2)[nH]n(-c2cccc(C(F)(F)F)c2)c1=O. The summed E-state index contributed by atoms with van der Waals surface area (Å²) in [6, 6.07) is 12.9. The van der Waals surface area contributed by atoms with Gasteiger partial charge >= 0.3 is 6.18 Å². The Morgan fingerprint density at radius 3 is 2.33 bits per heavy atom. The van der Waals surface area contributed by atoms with Gasteiger partial charge < -0.3 is 0 Å². The Hall–Kier alpha value is -3.09. The molecular formula is C17H11F3N2O2. The van der Waals surface area contributed by atoms with E-state index < -0.39 is 17.3 Å². The quantitative estimate of drug-likeness (QED) is 0.744. The second-order valence-electron chi connectivity index (χ2n) is 5.07. The van der Waals surface area contributed by atoms with Crippen molar-refractivity contribution in [1.82, 2.24) is 9.78 Å². The maximum absolute atomic E-state index is 12.8. The lowest BCUT2D eigenvalue weighted by Gasteiger charge is -2.08. The lowest BCUT2D eigenvalue weighted by Crippen LogP contribution is -2.17. The van der Waals surface area contributed by atoms with Crippen LogP contribution in [0, 0.1) is 0 Å². The van der Waals surface area contributed by atoms with E-state index in [9.17, 15) is 22.8 Å². The summed E-state index contributed by atoms with van der Waals surface area (Å²) in [5, 5.41) is 2.72. The molecule has 0 saturated heterocycles. The summed E-state index contributed by atoms with van der Waals surface area (Å²) < 4.78 is 39.5. The minimum Gasteiger partial charge on any atom is -0.298 e. The molecule has 0 fully saturated rings. The van der Waals surface area contributed by atoms with Crippen molar-refractivity contribution in [1.29, 1.82) is 0 Å². The van der Waals surface area contributed by atoms with Crippen molar-refractivity contribution < 1.29 is 18.0 Å². The molecule has 0 amide bonds. The van der Waals surface area contributed by atoms with Gasteiger partial charge in [0.1, 0.15) is 5.56 Å². The third-order valence-corrected chi connectivity index (χ3v) is 3.54. The van der Waals surface area contributed by atoms with Crippen molar-refractivity contribution in [2.75, 3.05) is 0 Å². The van der Waals surface area contributed by atoms with Crippen LogP contribution in [0.5, 0.6) is 0 Å². The molecule has 0 saturated carbocycles. The largest absolute Gasteiger partial charge is 0.416 e. The van der Waals surface area contributed by atoms with Crippen molar-refractivity contribution in [2.24, 2.45) is 0 Å². The smallest absolute Gasteiger partial charge is 0.298 e. The van der Waals surface area contributed by atoms with Crippen LogP contribution in [0.4, 0.5) is 13.2 Å². The second kappa shape index (κ2) is 5.84. The van der Waals surface area contributed by atoms with E-state index in [4.69, 9.17) is 0 Å². The summed E-state index contributed by atoms with van der Waals surface area (Å²) in [7, 11) is 0. The summed E-state index contributed by atoms with van der Waals surface area (Å²) in [5.74, 6) is 0. The van der Waals surface area contributed by atoms with Gasteiger partial charge in [0, 0.05) is 5.56 Å². The lowest BCUT2D eigenvalue weighted by atomic mass is 10.1. The van der Waals surface area contributed by atoms with E-state index in [-0.39, 0.29) is 16.9 Å². The Morgan fingerprint density at radius 1 is 1.00 bits per heavy atom. The fraction of sp³-hybridized carbons (Fsp3) is 0.0588. The van der Waals surface area contributed by atoms with E-state index in [1.54, 1.807) is 30.3 Å². The molecule has 1 aromatic heterocycles. The van der Waals surface area contributed by atoms with Crippen LogP contribution in [0.25, 0.3) is 16.9 Å². The average molecular weight is 332 g/mol. The van der Waals surface area contributed by atoms with E-state index in [0.29, 0.717) is 11.8 Å². The fourth-order valence-electron chi connectivity index (χ4n) is 2.39.